The Hall–Kier alpha value is -5.00. The van der Waals surface area contributed by atoms with E-state index in [0.717, 1.165) is 60.6 Å². The van der Waals surface area contributed by atoms with Crippen molar-refractivity contribution in [2.75, 3.05) is 26.3 Å². The molecule has 41 heavy (non-hydrogen) atoms. The summed E-state index contributed by atoms with van der Waals surface area (Å²) in [6.45, 7) is 4.72. The minimum Gasteiger partial charge on any atom is -0.379 e. The van der Waals surface area contributed by atoms with Crippen LogP contribution in [0.1, 0.15) is 11.1 Å². The number of aromatic nitrogens is 8. The highest BCUT2D eigenvalue weighted by molar-refractivity contribution is 5.92. The van der Waals surface area contributed by atoms with E-state index in [1.165, 1.54) is 16.3 Å². The van der Waals surface area contributed by atoms with Crippen LogP contribution in [0.25, 0.3) is 39.2 Å². The first-order valence-electron chi connectivity index (χ1n) is 13.5. The zero-order valence-corrected chi connectivity index (χ0v) is 22.2. The second-order valence-electron chi connectivity index (χ2n) is 10.0. The molecular formula is C30H27N9O2. The molecule has 5 heterocycles. The summed E-state index contributed by atoms with van der Waals surface area (Å²) in [4.78, 5) is 19.2. The lowest BCUT2D eigenvalue weighted by Gasteiger charge is -2.26. The Kier molecular flexibility index (Phi) is 6.63. The van der Waals surface area contributed by atoms with Gasteiger partial charge in [0.15, 0.2) is 0 Å². The lowest BCUT2D eigenvalue weighted by atomic mass is 10.1. The minimum atomic E-state index is -0.177. The molecule has 7 rings (SSSR count). The number of benzene rings is 2. The smallest absolute Gasteiger partial charge is 0.267 e. The fourth-order valence-corrected chi connectivity index (χ4v) is 5.03. The Morgan fingerprint density at radius 3 is 2.59 bits per heavy atom. The predicted octanol–water partition coefficient (Wildman–Crippen LogP) is 3.31. The second kappa shape index (κ2) is 10.9. The molecule has 2 aromatic carbocycles. The van der Waals surface area contributed by atoms with E-state index < -0.39 is 0 Å². The number of pyridine rings is 1. The topological polar surface area (TPSA) is 120 Å². The molecule has 1 N–H and O–H groups in total. The molecule has 0 atom stereocenters. The number of H-pyrrole nitrogens is 1. The van der Waals surface area contributed by atoms with Gasteiger partial charge >= 0.3 is 0 Å². The summed E-state index contributed by atoms with van der Waals surface area (Å²) in [6, 6.07) is 21.3. The summed E-state index contributed by atoms with van der Waals surface area (Å²) < 4.78 is 8.66. The lowest BCUT2D eigenvalue weighted by molar-refractivity contribution is 0.0342. The van der Waals surface area contributed by atoms with Gasteiger partial charge in [-0.15, -0.1) is 5.10 Å². The van der Waals surface area contributed by atoms with Gasteiger partial charge in [0.05, 0.1) is 42.9 Å². The third-order valence-electron chi connectivity index (χ3n) is 7.23. The van der Waals surface area contributed by atoms with Gasteiger partial charge in [0.1, 0.15) is 11.4 Å². The van der Waals surface area contributed by atoms with Crippen LogP contribution in [0.2, 0.25) is 0 Å². The summed E-state index contributed by atoms with van der Waals surface area (Å²) in [5, 5.41) is 21.8. The fourth-order valence-electron chi connectivity index (χ4n) is 5.03. The quantitative estimate of drug-likeness (QED) is 0.325. The van der Waals surface area contributed by atoms with E-state index in [9.17, 15) is 4.79 Å². The maximum atomic E-state index is 12.6. The molecule has 0 amide bonds. The first kappa shape index (κ1) is 25.0. The molecule has 1 aliphatic rings. The molecule has 0 radical (unpaired) electrons. The van der Waals surface area contributed by atoms with Crippen LogP contribution in [0.4, 0.5) is 0 Å². The van der Waals surface area contributed by atoms with Crippen molar-refractivity contribution < 1.29 is 4.74 Å². The highest BCUT2D eigenvalue weighted by atomic mass is 16.5. The van der Waals surface area contributed by atoms with Crippen LogP contribution in [0, 0.1) is 0 Å². The maximum Gasteiger partial charge on any atom is 0.267 e. The van der Waals surface area contributed by atoms with Crippen molar-refractivity contribution in [2.24, 2.45) is 0 Å². The number of aromatic amines is 1. The van der Waals surface area contributed by atoms with Gasteiger partial charge in [0.25, 0.3) is 5.56 Å². The minimum absolute atomic E-state index is 0.177. The van der Waals surface area contributed by atoms with Gasteiger partial charge in [-0.05, 0) is 53.6 Å². The highest BCUT2D eigenvalue weighted by Gasteiger charge is 2.15. The SMILES string of the molecule is O=c1ccc(-c2cccnc2)nn1Cc1ccc2[nH]nc(-c3cn(-c4ccc(CN5CCOCC5)cc4)nn3)c2c1. The van der Waals surface area contributed by atoms with E-state index in [1.54, 1.807) is 23.1 Å². The second-order valence-corrected chi connectivity index (χ2v) is 10.0. The Balaban J connectivity index is 1.12. The molecule has 204 valence electrons. The van der Waals surface area contributed by atoms with Crippen LogP contribution in [0.15, 0.2) is 90.1 Å². The van der Waals surface area contributed by atoms with E-state index >= 15 is 0 Å². The molecule has 1 saturated heterocycles. The average Bonchev–Trinajstić information content (AvgIpc) is 3.67. The zero-order valence-electron chi connectivity index (χ0n) is 22.2. The number of hydrogen-bond acceptors (Lipinski definition) is 8. The van der Waals surface area contributed by atoms with Gasteiger partial charge in [-0.3, -0.25) is 19.8 Å². The first-order valence-corrected chi connectivity index (χ1v) is 13.5. The maximum absolute atomic E-state index is 12.6. The van der Waals surface area contributed by atoms with Gasteiger partial charge in [-0.1, -0.05) is 23.4 Å². The van der Waals surface area contributed by atoms with Crippen molar-refractivity contribution in [2.45, 2.75) is 13.1 Å². The van der Waals surface area contributed by atoms with Gasteiger partial charge < -0.3 is 4.74 Å². The number of rotatable bonds is 7. The lowest BCUT2D eigenvalue weighted by Crippen LogP contribution is -2.35. The van der Waals surface area contributed by atoms with Crippen molar-refractivity contribution >= 4 is 10.9 Å². The molecular weight excluding hydrogens is 518 g/mol. The third kappa shape index (κ3) is 5.28. The normalized spacial score (nSPS) is 14.0. The van der Waals surface area contributed by atoms with E-state index in [-0.39, 0.29) is 5.56 Å². The monoisotopic (exact) mass is 545 g/mol. The number of nitrogens with zero attached hydrogens (tertiary/aromatic N) is 8. The van der Waals surface area contributed by atoms with Gasteiger partial charge in [-0.2, -0.15) is 10.2 Å². The van der Waals surface area contributed by atoms with E-state index in [1.807, 2.05) is 36.5 Å². The van der Waals surface area contributed by atoms with Crippen LogP contribution in [-0.2, 0) is 17.8 Å². The van der Waals surface area contributed by atoms with Crippen molar-refractivity contribution in [3.05, 3.63) is 107 Å². The van der Waals surface area contributed by atoms with Crippen molar-refractivity contribution in [3.8, 4) is 28.3 Å². The summed E-state index contributed by atoms with van der Waals surface area (Å²) in [5.74, 6) is 0. The van der Waals surface area contributed by atoms with Crippen LogP contribution < -0.4 is 5.56 Å². The Morgan fingerprint density at radius 2 is 1.76 bits per heavy atom. The molecule has 11 nitrogen and oxygen atoms in total. The molecule has 11 heteroatoms. The summed E-state index contributed by atoms with van der Waals surface area (Å²) >= 11 is 0. The van der Waals surface area contributed by atoms with Gasteiger partial charge in [0.2, 0.25) is 0 Å². The first-order chi connectivity index (χ1) is 20.2. The van der Waals surface area contributed by atoms with Crippen LogP contribution in [0.5, 0.6) is 0 Å². The Labute approximate surface area is 235 Å². The van der Waals surface area contributed by atoms with Gasteiger partial charge in [-0.25, -0.2) is 9.36 Å². The molecule has 0 unspecified atom stereocenters. The van der Waals surface area contributed by atoms with Crippen molar-refractivity contribution in [1.29, 1.82) is 0 Å². The van der Waals surface area contributed by atoms with Crippen LogP contribution in [0.3, 0.4) is 0 Å². The molecule has 0 aliphatic carbocycles. The molecule has 6 aromatic rings. The molecule has 0 bridgehead atoms. The molecule has 4 aromatic heterocycles. The van der Waals surface area contributed by atoms with Crippen LogP contribution >= 0.6 is 0 Å². The van der Waals surface area contributed by atoms with E-state index in [0.29, 0.717) is 23.6 Å². The Bertz CT molecular complexity index is 1850. The largest absolute Gasteiger partial charge is 0.379 e. The molecule has 0 spiro atoms. The standard InChI is InChI=1S/C30H27N9O2/c40-29-10-9-26(23-2-1-11-31-17-23)35-39(29)19-22-5-8-27-25(16-22)30(34-32-27)28-20-38(36-33-28)24-6-3-21(4-7-24)18-37-12-14-41-15-13-37/h1-11,16-17,20H,12-15,18-19H2,(H,32,34). The van der Waals surface area contributed by atoms with Crippen molar-refractivity contribution in [1.82, 2.24) is 44.9 Å². The highest BCUT2D eigenvalue weighted by Crippen LogP contribution is 2.26. The summed E-state index contributed by atoms with van der Waals surface area (Å²) in [7, 11) is 0. The van der Waals surface area contributed by atoms with Gasteiger partial charge in [0, 0.05) is 49.0 Å². The fraction of sp³-hybridized carbons (Fsp3) is 0.200. The molecule has 1 aliphatic heterocycles. The van der Waals surface area contributed by atoms with E-state index in [4.69, 9.17) is 4.74 Å². The Morgan fingerprint density at radius 1 is 0.902 bits per heavy atom. The molecule has 0 saturated carbocycles. The number of hydrogen-bond donors (Lipinski definition) is 1. The summed E-state index contributed by atoms with van der Waals surface area (Å²) in [6.07, 6.45) is 5.32. The number of ether oxygens (including phenoxy) is 1. The number of fused-ring (bicyclic) bond motifs is 1. The predicted molar refractivity (Wildman–Crippen MR) is 153 cm³/mol. The zero-order chi connectivity index (χ0) is 27.6. The summed E-state index contributed by atoms with van der Waals surface area (Å²) in [5.41, 5.74) is 6.68. The van der Waals surface area contributed by atoms with Crippen LogP contribution in [-0.4, -0.2) is 71.2 Å². The number of nitrogens with one attached hydrogen (secondary N) is 1. The average molecular weight is 546 g/mol. The third-order valence-corrected chi connectivity index (χ3v) is 7.23. The molecule has 1 fully saturated rings. The van der Waals surface area contributed by atoms with E-state index in [2.05, 4.69) is 59.8 Å². The van der Waals surface area contributed by atoms with Crippen molar-refractivity contribution in [3.63, 3.8) is 0 Å². The number of morpholine rings is 1.